The summed E-state index contributed by atoms with van der Waals surface area (Å²) >= 11 is 0. The summed E-state index contributed by atoms with van der Waals surface area (Å²) in [6, 6.07) is 0. The number of esters is 3. The molecule has 0 fully saturated rings. The van der Waals surface area contributed by atoms with Crippen LogP contribution in [0.3, 0.4) is 0 Å². The minimum absolute atomic E-state index is 0.0875. The van der Waals surface area contributed by atoms with Gasteiger partial charge in [-0.05, 0) is 103 Å². The third-order valence-corrected chi connectivity index (χ3v) is 11.2. The van der Waals surface area contributed by atoms with Gasteiger partial charge in [-0.1, -0.05) is 197 Å². The maximum absolute atomic E-state index is 12.8. The van der Waals surface area contributed by atoms with Gasteiger partial charge in [0.1, 0.15) is 13.2 Å². The Balaban J connectivity index is 4.43. The Bertz CT molecular complexity index is 1130. The first-order valence-electron chi connectivity index (χ1n) is 26.3. The van der Waals surface area contributed by atoms with Crippen LogP contribution >= 0.6 is 0 Å². The Labute approximate surface area is 383 Å². The van der Waals surface area contributed by atoms with Crippen molar-refractivity contribution >= 4 is 17.9 Å². The zero-order chi connectivity index (χ0) is 45.1. The number of carbonyl (C=O) groups is 3. The van der Waals surface area contributed by atoms with Gasteiger partial charge in [-0.25, -0.2) is 0 Å². The van der Waals surface area contributed by atoms with Crippen molar-refractivity contribution in [3.8, 4) is 0 Å². The van der Waals surface area contributed by atoms with E-state index in [1.807, 2.05) is 0 Å². The molecule has 0 rings (SSSR count). The zero-order valence-corrected chi connectivity index (χ0v) is 40.9. The number of hydrogen-bond donors (Lipinski definition) is 0. The van der Waals surface area contributed by atoms with Crippen LogP contribution in [0.25, 0.3) is 0 Å². The summed E-state index contributed by atoms with van der Waals surface area (Å²) in [6.45, 7) is 6.54. The van der Waals surface area contributed by atoms with Crippen LogP contribution in [0, 0.1) is 0 Å². The molecule has 6 nitrogen and oxygen atoms in total. The first-order valence-corrected chi connectivity index (χ1v) is 26.3. The minimum atomic E-state index is -0.787. The highest BCUT2D eigenvalue weighted by Gasteiger charge is 2.19. The van der Waals surface area contributed by atoms with Gasteiger partial charge in [0.25, 0.3) is 0 Å². The van der Waals surface area contributed by atoms with Gasteiger partial charge >= 0.3 is 17.9 Å². The normalized spacial score (nSPS) is 12.5. The van der Waals surface area contributed by atoms with Crippen LogP contribution in [-0.2, 0) is 28.6 Å². The molecule has 0 aliphatic rings. The van der Waals surface area contributed by atoms with Crippen molar-refractivity contribution in [1.82, 2.24) is 0 Å². The maximum Gasteiger partial charge on any atom is 0.306 e. The van der Waals surface area contributed by atoms with E-state index in [2.05, 4.69) is 81.5 Å². The molecule has 0 radical (unpaired) electrons. The number of ether oxygens (including phenoxy) is 3. The molecule has 0 heterocycles. The fourth-order valence-electron chi connectivity index (χ4n) is 7.19. The predicted molar refractivity (Wildman–Crippen MR) is 265 cm³/mol. The monoisotopic (exact) mass is 867 g/mol. The van der Waals surface area contributed by atoms with Gasteiger partial charge in [-0.15, -0.1) is 0 Å². The summed E-state index contributed by atoms with van der Waals surface area (Å²) in [7, 11) is 0. The fourth-order valence-corrected chi connectivity index (χ4v) is 7.19. The van der Waals surface area contributed by atoms with E-state index in [0.29, 0.717) is 19.3 Å². The van der Waals surface area contributed by atoms with Crippen molar-refractivity contribution in [2.24, 2.45) is 0 Å². The second-order valence-electron chi connectivity index (χ2n) is 17.4. The lowest BCUT2D eigenvalue weighted by atomic mass is 10.1. The summed E-state index contributed by atoms with van der Waals surface area (Å²) in [5.74, 6) is -0.914. The molecular weight excluding hydrogens is 769 g/mol. The van der Waals surface area contributed by atoms with E-state index in [1.165, 1.54) is 122 Å². The molecule has 0 amide bonds. The highest BCUT2D eigenvalue weighted by molar-refractivity contribution is 5.71. The summed E-state index contributed by atoms with van der Waals surface area (Å²) in [6.07, 6.45) is 61.9. The zero-order valence-electron chi connectivity index (χ0n) is 40.9. The number of carbonyl (C=O) groups excluding carboxylic acids is 3. The lowest BCUT2D eigenvalue weighted by Gasteiger charge is -2.18. The van der Waals surface area contributed by atoms with E-state index < -0.39 is 6.10 Å². The Morgan fingerprint density at radius 3 is 0.984 bits per heavy atom. The summed E-state index contributed by atoms with van der Waals surface area (Å²) in [4.78, 5) is 38.0. The minimum Gasteiger partial charge on any atom is -0.462 e. The standard InChI is InChI=1S/C56H98O6/c1-4-7-10-13-16-19-22-25-28-31-34-37-40-43-46-49-55(58)61-52-53(51-60-54(57)48-45-42-39-36-33-30-27-24-21-18-15-12-9-6-3)62-56(59)50-47-44-41-38-35-32-29-26-23-20-17-14-11-8-5-2/h15-16,18-20,23-25,27-28,53H,4-14,17,21-22,26,29-52H2,1-3H3/b18-15+,19-16+,23-20+,27-24+,28-25+/t53-/m1/s1. The van der Waals surface area contributed by atoms with Crippen molar-refractivity contribution < 1.29 is 28.6 Å². The van der Waals surface area contributed by atoms with Crippen LogP contribution in [0.15, 0.2) is 60.8 Å². The highest BCUT2D eigenvalue weighted by Crippen LogP contribution is 2.14. The lowest BCUT2D eigenvalue weighted by molar-refractivity contribution is -0.167. The Kier molecular flexibility index (Phi) is 48.4. The lowest BCUT2D eigenvalue weighted by Crippen LogP contribution is -2.30. The first-order chi connectivity index (χ1) is 30.5. The van der Waals surface area contributed by atoms with Crippen LogP contribution in [0.1, 0.15) is 258 Å². The van der Waals surface area contributed by atoms with Crippen LogP contribution in [0.4, 0.5) is 0 Å². The molecule has 62 heavy (non-hydrogen) atoms. The summed E-state index contributed by atoms with van der Waals surface area (Å²) < 4.78 is 16.8. The largest absolute Gasteiger partial charge is 0.462 e. The molecule has 358 valence electrons. The van der Waals surface area contributed by atoms with Crippen molar-refractivity contribution in [3.05, 3.63) is 60.8 Å². The molecule has 0 N–H and O–H groups in total. The van der Waals surface area contributed by atoms with Gasteiger partial charge < -0.3 is 14.2 Å². The van der Waals surface area contributed by atoms with Crippen molar-refractivity contribution in [1.29, 1.82) is 0 Å². The van der Waals surface area contributed by atoms with Crippen LogP contribution in [0.2, 0.25) is 0 Å². The third-order valence-electron chi connectivity index (χ3n) is 11.2. The molecule has 0 bridgehead atoms. The quantitative estimate of drug-likeness (QED) is 0.0262. The molecule has 0 aliphatic heterocycles. The van der Waals surface area contributed by atoms with Gasteiger partial charge in [-0.2, -0.15) is 0 Å². The number of rotatable bonds is 47. The maximum atomic E-state index is 12.8. The Morgan fingerprint density at radius 2 is 0.597 bits per heavy atom. The SMILES string of the molecule is CCCC/C=C/C/C=C/CCCCCCCC(=O)OC[C@H](COC(=O)CCCCCCC/C=C/C/C=C/CCCCC)OC(=O)CCCCCCCCC/C=C/CCCCCC. The highest BCUT2D eigenvalue weighted by atomic mass is 16.6. The average Bonchev–Trinajstić information content (AvgIpc) is 3.27. The second-order valence-corrected chi connectivity index (χ2v) is 17.4. The molecule has 1 atom stereocenters. The number of unbranched alkanes of at least 4 members (excludes halogenated alkanes) is 26. The van der Waals surface area contributed by atoms with E-state index in [-0.39, 0.29) is 31.1 Å². The molecule has 0 saturated heterocycles. The van der Waals surface area contributed by atoms with E-state index >= 15 is 0 Å². The Hall–Kier alpha value is -2.89. The second kappa shape index (κ2) is 50.8. The fraction of sp³-hybridized carbons (Fsp3) is 0.768. The molecule has 0 spiro atoms. The van der Waals surface area contributed by atoms with Crippen molar-refractivity contribution in [3.63, 3.8) is 0 Å². The molecule has 0 aliphatic carbocycles. The van der Waals surface area contributed by atoms with Crippen molar-refractivity contribution in [2.45, 2.75) is 264 Å². The Morgan fingerprint density at radius 1 is 0.323 bits per heavy atom. The molecule has 0 aromatic rings. The van der Waals surface area contributed by atoms with Gasteiger partial charge in [0, 0.05) is 19.3 Å². The first kappa shape index (κ1) is 59.1. The van der Waals surface area contributed by atoms with Gasteiger partial charge in [0.05, 0.1) is 0 Å². The van der Waals surface area contributed by atoms with Gasteiger partial charge in [-0.3, -0.25) is 14.4 Å². The van der Waals surface area contributed by atoms with E-state index in [1.54, 1.807) is 0 Å². The smallest absolute Gasteiger partial charge is 0.306 e. The number of allylic oxidation sites excluding steroid dienone is 10. The van der Waals surface area contributed by atoms with Crippen molar-refractivity contribution in [2.75, 3.05) is 13.2 Å². The van der Waals surface area contributed by atoms with Gasteiger partial charge in [0.2, 0.25) is 0 Å². The molecule has 0 saturated carbocycles. The van der Waals surface area contributed by atoms with Crippen LogP contribution in [-0.4, -0.2) is 37.2 Å². The molecule has 0 aromatic heterocycles. The van der Waals surface area contributed by atoms with E-state index in [0.717, 1.165) is 96.3 Å². The summed E-state index contributed by atoms with van der Waals surface area (Å²) in [5.41, 5.74) is 0. The third kappa shape index (κ3) is 48.1. The molecule has 0 aromatic carbocycles. The number of hydrogen-bond acceptors (Lipinski definition) is 6. The van der Waals surface area contributed by atoms with Gasteiger partial charge in [0.15, 0.2) is 6.10 Å². The molecule has 6 heteroatoms. The predicted octanol–water partition coefficient (Wildman–Crippen LogP) is 17.3. The topological polar surface area (TPSA) is 78.9 Å². The van der Waals surface area contributed by atoms with Crippen LogP contribution < -0.4 is 0 Å². The molecule has 0 unspecified atom stereocenters. The average molecular weight is 867 g/mol. The van der Waals surface area contributed by atoms with Crippen LogP contribution in [0.5, 0.6) is 0 Å². The summed E-state index contributed by atoms with van der Waals surface area (Å²) in [5, 5.41) is 0. The van der Waals surface area contributed by atoms with E-state index in [4.69, 9.17) is 14.2 Å². The molecular formula is C56H98O6. The van der Waals surface area contributed by atoms with E-state index in [9.17, 15) is 14.4 Å².